The second-order valence-electron chi connectivity index (χ2n) is 6.25. The minimum absolute atomic E-state index is 0.640. The van der Waals surface area contributed by atoms with Gasteiger partial charge in [-0.2, -0.15) is 5.26 Å². The molecule has 0 radical (unpaired) electrons. The summed E-state index contributed by atoms with van der Waals surface area (Å²) in [4.78, 5) is 12.7. The Hall–Kier alpha value is -2.39. The van der Waals surface area contributed by atoms with Crippen molar-refractivity contribution in [3.63, 3.8) is 0 Å². The zero-order valence-corrected chi connectivity index (χ0v) is 15.6. The van der Waals surface area contributed by atoms with Crippen LogP contribution in [0.1, 0.15) is 39.5 Å². The summed E-state index contributed by atoms with van der Waals surface area (Å²) in [7, 11) is 3.82. The van der Waals surface area contributed by atoms with Crippen molar-refractivity contribution < 1.29 is 0 Å². The van der Waals surface area contributed by atoms with Crippen LogP contribution in [0.15, 0.2) is 29.3 Å². The zero-order chi connectivity index (χ0) is 17.6. The first kappa shape index (κ1) is 17.4. The van der Waals surface area contributed by atoms with Crippen LogP contribution in [0, 0.1) is 11.3 Å². The molecule has 3 rings (SSSR count). The minimum atomic E-state index is 0.640. The van der Waals surface area contributed by atoms with Crippen LogP contribution in [0.3, 0.4) is 0 Å². The quantitative estimate of drug-likeness (QED) is 0.678. The van der Waals surface area contributed by atoms with Crippen molar-refractivity contribution in [2.24, 2.45) is 4.99 Å². The maximum absolute atomic E-state index is 9.00. The molecule has 2 aromatic rings. The van der Waals surface area contributed by atoms with Gasteiger partial charge in [-0.3, -0.25) is 4.99 Å². The molecular weight excluding hydrogens is 330 g/mol. The van der Waals surface area contributed by atoms with Gasteiger partial charge in [0, 0.05) is 25.5 Å². The van der Waals surface area contributed by atoms with Crippen molar-refractivity contribution in [2.45, 2.75) is 38.8 Å². The molecule has 1 aromatic carbocycles. The van der Waals surface area contributed by atoms with Crippen LogP contribution in [-0.2, 0) is 25.9 Å². The first-order valence-corrected chi connectivity index (χ1v) is 9.39. The largest absolute Gasteiger partial charge is 0.352 e. The van der Waals surface area contributed by atoms with Gasteiger partial charge in [0.1, 0.15) is 5.01 Å². The Balaban J connectivity index is 1.60. The Bertz CT molecular complexity index is 779. The first-order chi connectivity index (χ1) is 12.2. The van der Waals surface area contributed by atoms with E-state index in [1.807, 2.05) is 42.6 Å². The van der Waals surface area contributed by atoms with E-state index < -0.39 is 0 Å². The zero-order valence-electron chi connectivity index (χ0n) is 14.7. The Morgan fingerprint density at radius 1 is 1.40 bits per heavy atom. The van der Waals surface area contributed by atoms with E-state index in [-0.39, 0.29) is 0 Å². The van der Waals surface area contributed by atoms with E-state index in [1.165, 1.54) is 29.8 Å². The number of fused-ring (bicyclic) bond motifs is 1. The van der Waals surface area contributed by atoms with E-state index >= 15 is 0 Å². The number of nitriles is 1. The van der Waals surface area contributed by atoms with Gasteiger partial charge in [0.2, 0.25) is 0 Å². The second-order valence-corrected chi connectivity index (χ2v) is 7.42. The van der Waals surface area contributed by atoms with Gasteiger partial charge < -0.3 is 10.2 Å². The van der Waals surface area contributed by atoms with Gasteiger partial charge in [-0.25, -0.2) is 4.98 Å². The van der Waals surface area contributed by atoms with Crippen LogP contribution >= 0.6 is 11.3 Å². The van der Waals surface area contributed by atoms with Crippen LogP contribution in [0.2, 0.25) is 0 Å². The van der Waals surface area contributed by atoms with E-state index in [2.05, 4.69) is 21.3 Å². The van der Waals surface area contributed by atoms with E-state index in [9.17, 15) is 0 Å². The molecule has 0 unspecified atom stereocenters. The van der Waals surface area contributed by atoms with Gasteiger partial charge in [-0.05, 0) is 43.4 Å². The SMILES string of the molecule is CN=C(NCc1cccc(C#N)c1)N(C)Cc1nc2c(s1)CCCC2. The van der Waals surface area contributed by atoms with Crippen molar-refractivity contribution in [1.82, 2.24) is 15.2 Å². The van der Waals surface area contributed by atoms with Gasteiger partial charge in [0.15, 0.2) is 5.96 Å². The molecule has 0 saturated carbocycles. The third-order valence-electron chi connectivity index (χ3n) is 4.34. The number of aryl methyl sites for hydroxylation is 2. The maximum atomic E-state index is 9.00. The van der Waals surface area contributed by atoms with Crippen molar-refractivity contribution in [3.8, 4) is 6.07 Å². The van der Waals surface area contributed by atoms with Crippen molar-refractivity contribution >= 4 is 17.3 Å². The Kier molecular flexibility index (Phi) is 5.67. The number of benzene rings is 1. The van der Waals surface area contributed by atoms with Crippen LogP contribution in [0.25, 0.3) is 0 Å². The molecule has 0 atom stereocenters. The highest BCUT2D eigenvalue weighted by Gasteiger charge is 2.16. The fourth-order valence-electron chi connectivity index (χ4n) is 3.07. The number of guanidine groups is 1. The highest BCUT2D eigenvalue weighted by molar-refractivity contribution is 7.11. The lowest BCUT2D eigenvalue weighted by Gasteiger charge is -2.21. The van der Waals surface area contributed by atoms with Gasteiger partial charge in [-0.15, -0.1) is 11.3 Å². The van der Waals surface area contributed by atoms with Crippen LogP contribution in [0.5, 0.6) is 0 Å². The number of hydrogen-bond acceptors (Lipinski definition) is 4. The van der Waals surface area contributed by atoms with Gasteiger partial charge in [0.25, 0.3) is 0 Å². The molecule has 25 heavy (non-hydrogen) atoms. The van der Waals surface area contributed by atoms with Crippen molar-refractivity contribution in [2.75, 3.05) is 14.1 Å². The summed E-state index contributed by atoms with van der Waals surface area (Å²) in [6, 6.07) is 9.80. The third kappa shape index (κ3) is 4.37. The molecule has 0 spiro atoms. The molecule has 5 nitrogen and oxygen atoms in total. The molecule has 0 bridgehead atoms. The molecule has 1 heterocycles. The number of nitrogens with zero attached hydrogens (tertiary/aromatic N) is 4. The number of aromatic nitrogens is 1. The molecule has 6 heteroatoms. The molecule has 0 aliphatic heterocycles. The molecular formula is C19H23N5S. The number of nitrogens with one attached hydrogen (secondary N) is 1. The van der Waals surface area contributed by atoms with E-state index in [4.69, 9.17) is 10.2 Å². The highest BCUT2D eigenvalue weighted by Crippen LogP contribution is 2.27. The lowest BCUT2D eigenvalue weighted by atomic mass is 10.0. The van der Waals surface area contributed by atoms with E-state index in [0.29, 0.717) is 12.1 Å². The number of thiazole rings is 1. The molecule has 1 aliphatic carbocycles. The average molecular weight is 353 g/mol. The molecule has 0 saturated heterocycles. The van der Waals surface area contributed by atoms with Gasteiger partial charge in [0.05, 0.1) is 23.9 Å². The molecule has 0 amide bonds. The summed E-state index contributed by atoms with van der Waals surface area (Å²) < 4.78 is 0. The van der Waals surface area contributed by atoms with Gasteiger partial charge in [-0.1, -0.05) is 12.1 Å². The van der Waals surface area contributed by atoms with Crippen molar-refractivity contribution in [3.05, 3.63) is 51.0 Å². The van der Waals surface area contributed by atoms with Crippen LogP contribution < -0.4 is 5.32 Å². The summed E-state index contributed by atoms with van der Waals surface area (Å²) in [5.41, 5.74) is 3.05. The van der Waals surface area contributed by atoms with Crippen LogP contribution in [0.4, 0.5) is 0 Å². The fraction of sp³-hybridized carbons (Fsp3) is 0.421. The topological polar surface area (TPSA) is 64.3 Å². The Morgan fingerprint density at radius 3 is 3.00 bits per heavy atom. The Morgan fingerprint density at radius 2 is 2.24 bits per heavy atom. The fourth-order valence-corrected chi connectivity index (χ4v) is 4.28. The standard InChI is InChI=1S/C19H23N5S/c1-21-19(22-12-15-7-5-6-14(10-15)11-20)24(2)13-18-23-16-8-3-4-9-17(16)25-18/h5-7,10H,3-4,8-9,12-13H2,1-2H3,(H,21,22). The molecule has 1 aliphatic rings. The van der Waals surface area contributed by atoms with Crippen LogP contribution in [-0.4, -0.2) is 29.9 Å². The summed E-state index contributed by atoms with van der Waals surface area (Å²) in [5, 5.41) is 13.5. The maximum Gasteiger partial charge on any atom is 0.194 e. The molecule has 1 aromatic heterocycles. The second kappa shape index (κ2) is 8.13. The average Bonchev–Trinajstić information content (AvgIpc) is 3.04. The predicted molar refractivity (Wildman–Crippen MR) is 102 cm³/mol. The summed E-state index contributed by atoms with van der Waals surface area (Å²) in [5.74, 6) is 0.829. The lowest BCUT2D eigenvalue weighted by Crippen LogP contribution is -2.38. The summed E-state index contributed by atoms with van der Waals surface area (Å²) in [6.45, 7) is 1.40. The highest BCUT2D eigenvalue weighted by atomic mass is 32.1. The Labute approximate surface area is 153 Å². The van der Waals surface area contributed by atoms with Crippen molar-refractivity contribution in [1.29, 1.82) is 5.26 Å². The predicted octanol–water partition coefficient (Wildman–Crippen LogP) is 3.10. The molecule has 0 fully saturated rings. The van der Waals surface area contributed by atoms with E-state index in [1.54, 1.807) is 7.05 Å². The smallest absolute Gasteiger partial charge is 0.194 e. The summed E-state index contributed by atoms with van der Waals surface area (Å²) >= 11 is 1.84. The number of hydrogen-bond donors (Lipinski definition) is 1. The summed E-state index contributed by atoms with van der Waals surface area (Å²) in [6.07, 6.45) is 4.85. The number of aliphatic imine (C=N–C) groups is 1. The normalized spacial score (nSPS) is 13.9. The van der Waals surface area contributed by atoms with E-state index in [0.717, 1.165) is 29.5 Å². The molecule has 130 valence electrons. The third-order valence-corrected chi connectivity index (χ3v) is 5.48. The lowest BCUT2D eigenvalue weighted by molar-refractivity contribution is 0.474. The number of rotatable bonds is 4. The van der Waals surface area contributed by atoms with Gasteiger partial charge >= 0.3 is 0 Å². The molecule has 1 N–H and O–H groups in total. The minimum Gasteiger partial charge on any atom is -0.352 e. The monoisotopic (exact) mass is 353 g/mol. The first-order valence-electron chi connectivity index (χ1n) is 8.58.